The Morgan fingerprint density at radius 1 is 1.16 bits per heavy atom. The average molecular weight is 339 g/mol. The lowest BCUT2D eigenvalue weighted by Gasteiger charge is -2.30. The fraction of sp³-hybridized carbons (Fsp3) is 0.476. The molecule has 1 aromatic heterocycles. The summed E-state index contributed by atoms with van der Waals surface area (Å²) in [7, 11) is 1.75. The number of aromatic nitrogens is 1. The maximum Gasteiger partial charge on any atom is 0.123 e. The van der Waals surface area contributed by atoms with Crippen LogP contribution in [0.25, 0.3) is 0 Å². The minimum absolute atomic E-state index is 0.654. The fourth-order valence-corrected chi connectivity index (χ4v) is 3.82. The van der Waals surface area contributed by atoms with Gasteiger partial charge in [-0.15, -0.1) is 0 Å². The van der Waals surface area contributed by atoms with E-state index in [1.165, 1.54) is 30.5 Å². The molecule has 0 radical (unpaired) electrons. The molecule has 1 aliphatic heterocycles. The van der Waals surface area contributed by atoms with Crippen LogP contribution in [0.1, 0.15) is 30.9 Å². The Morgan fingerprint density at radius 3 is 2.72 bits per heavy atom. The van der Waals surface area contributed by atoms with E-state index in [1.54, 1.807) is 7.11 Å². The van der Waals surface area contributed by atoms with Crippen LogP contribution < -0.4 is 4.74 Å². The van der Waals surface area contributed by atoms with Crippen LogP contribution in [0.5, 0.6) is 5.75 Å². The third kappa shape index (κ3) is 4.80. The van der Waals surface area contributed by atoms with Crippen LogP contribution in [-0.4, -0.2) is 47.6 Å². The molecule has 1 aliphatic rings. The molecule has 2 aromatic rings. The number of likely N-dealkylation sites (N-methyl/N-ethyl adjacent to an activating group) is 1. The normalized spacial score (nSPS) is 18.0. The van der Waals surface area contributed by atoms with E-state index in [0.717, 1.165) is 31.9 Å². The minimum Gasteiger partial charge on any atom is -0.496 e. The van der Waals surface area contributed by atoms with Gasteiger partial charge < -0.3 is 4.74 Å². The Kier molecular flexibility index (Phi) is 6.42. The van der Waals surface area contributed by atoms with Gasteiger partial charge in [0.05, 0.1) is 7.11 Å². The zero-order valence-electron chi connectivity index (χ0n) is 15.4. The van der Waals surface area contributed by atoms with Crippen molar-refractivity contribution in [2.24, 2.45) is 0 Å². The van der Waals surface area contributed by atoms with Gasteiger partial charge in [-0.3, -0.25) is 14.8 Å². The van der Waals surface area contributed by atoms with Gasteiger partial charge in [-0.05, 0) is 49.7 Å². The topological polar surface area (TPSA) is 28.6 Å². The van der Waals surface area contributed by atoms with Gasteiger partial charge in [0.2, 0.25) is 0 Å². The second kappa shape index (κ2) is 8.97. The van der Waals surface area contributed by atoms with Crippen LogP contribution in [0.15, 0.2) is 48.8 Å². The second-order valence-electron chi connectivity index (χ2n) is 6.76. The molecule has 1 unspecified atom stereocenters. The number of methoxy groups -OCH3 is 1. The molecule has 0 bridgehead atoms. The number of likely N-dealkylation sites (tertiary alicyclic amines) is 1. The van der Waals surface area contributed by atoms with Gasteiger partial charge >= 0.3 is 0 Å². The van der Waals surface area contributed by atoms with Crippen molar-refractivity contribution in [2.45, 2.75) is 38.9 Å². The summed E-state index contributed by atoms with van der Waals surface area (Å²) in [5.41, 5.74) is 2.56. The SMILES string of the molecule is CCN1CCCC1CN(Cc1ccncc1)Cc1ccccc1OC. The van der Waals surface area contributed by atoms with E-state index in [4.69, 9.17) is 4.74 Å². The lowest BCUT2D eigenvalue weighted by Crippen LogP contribution is -2.39. The number of benzene rings is 1. The second-order valence-corrected chi connectivity index (χ2v) is 6.76. The summed E-state index contributed by atoms with van der Waals surface area (Å²) in [6.07, 6.45) is 6.37. The molecule has 0 aliphatic carbocycles. The van der Waals surface area contributed by atoms with Crippen LogP contribution in [0, 0.1) is 0 Å². The molecule has 0 spiro atoms. The molecule has 134 valence electrons. The molecule has 0 N–H and O–H groups in total. The minimum atomic E-state index is 0.654. The molecule has 4 heteroatoms. The number of para-hydroxylation sites is 1. The molecule has 1 aromatic carbocycles. The van der Waals surface area contributed by atoms with Crippen molar-refractivity contribution in [3.8, 4) is 5.75 Å². The summed E-state index contributed by atoms with van der Waals surface area (Å²) in [6.45, 7) is 7.58. The van der Waals surface area contributed by atoms with Crippen LogP contribution in [0.2, 0.25) is 0 Å². The van der Waals surface area contributed by atoms with Crippen molar-refractivity contribution in [1.82, 2.24) is 14.8 Å². The molecular weight excluding hydrogens is 310 g/mol. The summed E-state index contributed by atoms with van der Waals surface area (Å²) in [6, 6.07) is 13.2. The molecular formula is C21H29N3O. The fourth-order valence-electron chi connectivity index (χ4n) is 3.82. The zero-order valence-corrected chi connectivity index (χ0v) is 15.4. The van der Waals surface area contributed by atoms with Crippen molar-refractivity contribution in [3.63, 3.8) is 0 Å². The van der Waals surface area contributed by atoms with Gasteiger partial charge in [0.25, 0.3) is 0 Å². The van der Waals surface area contributed by atoms with Crippen LogP contribution in [0.3, 0.4) is 0 Å². The highest BCUT2D eigenvalue weighted by atomic mass is 16.5. The lowest BCUT2D eigenvalue weighted by atomic mass is 10.1. The largest absolute Gasteiger partial charge is 0.496 e. The van der Waals surface area contributed by atoms with Crippen LogP contribution >= 0.6 is 0 Å². The Balaban J connectivity index is 1.76. The quantitative estimate of drug-likeness (QED) is 0.735. The number of nitrogens with zero attached hydrogens (tertiary/aromatic N) is 3. The van der Waals surface area contributed by atoms with Gasteiger partial charge in [-0.1, -0.05) is 25.1 Å². The molecule has 2 heterocycles. The number of hydrogen-bond acceptors (Lipinski definition) is 4. The van der Waals surface area contributed by atoms with Gasteiger partial charge in [0.1, 0.15) is 5.75 Å². The predicted octanol–water partition coefficient (Wildman–Crippen LogP) is 3.58. The van der Waals surface area contributed by atoms with Crippen molar-refractivity contribution >= 4 is 0 Å². The molecule has 25 heavy (non-hydrogen) atoms. The first-order valence-corrected chi connectivity index (χ1v) is 9.27. The maximum absolute atomic E-state index is 5.56. The molecule has 0 amide bonds. The summed E-state index contributed by atoms with van der Waals surface area (Å²) in [4.78, 5) is 9.31. The van der Waals surface area contributed by atoms with Gasteiger partial charge in [0, 0.05) is 43.6 Å². The van der Waals surface area contributed by atoms with E-state index >= 15 is 0 Å². The standard InChI is InChI=1S/C21H29N3O/c1-3-24-14-6-8-20(24)17-23(15-18-10-12-22-13-11-18)16-19-7-4-5-9-21(19)25-2/h4-5,7,9-13,20H,3,6,8,14-17H2,1-2H3. The number of pyridine rings is 1. The number of rotatable bonds is 8. The Bertz CT molecular complexity index is 647. The molecule has 0 saturated carbocycles. The Labute approximate surface area is 151 Å². The molecule has 3 rings (SSSR count). The maximum atomic E-state index is 5.56. The molecule has 4 nitrogen and oxygen atoms in total. The Hall–Kier alpha value is -1.91. The van der Waals surface area contributed by atoms with E-state index in [-0.39, 0.29) is 0 Å². The van der Waals surface area contributed by atoms with Gasteiger partial charge in [-0.2, -0.15) is 0 Å². The summed E-state index contributed by atoms with van der Waals surface area (Å²) in [5.74, 6) is 0.973. The van der Waals surface area contributed by atoms with Gasteiger partial charge in [0.15, 0.2) is 0 Å². The predicted molar refractivity (Wildman–Crippen MR) is 102 cm³/mol. The first kappa shape index (κ1) is 17.9. The van der Waals surface area contributed by atoms with Crippen molar-refractivity contribution in [2.75, 3.05) is 26.7 Å². The summed E-state index contributed by atoms with van der Waals surface area (Å²) in [5, 5.41) is 0. The van der Waals surface area contributed by atoms with E-state index in [9.17, 15) is 0 Å². The van der Waals surface area contributed by atoms with E-state index in [0.29, 0.717) is 6.04 Å². The van der Waals surface area contributed by atoms with Crippen molar-refractivity contribution in [3.05, 3.63) is 59.9 Å². The van der Waals surface area contributed by atoms with E-state index in [2.05, 4.69) is 46.0 Å². The van der Waals surface area contributed by atoms with Crippen molar-refractivity contribution in [1.29, 1.82) is 0 Å². The smallest absolute Gasteiger partial charge is 0.123 e. The average Bonchev–Trinajstić information content (AvgIpc) is 3.10. The molecule has 1 fully saturated rings. The van der Waals surface area contributed by atoms with E-state index < -0.39 is 0 Å². The highest BCUT2D eigenvalue weighted by molar-refractivity contribution is 5.33. The number of ether oxygens (including phenoxy) is 1. The first-order chi connectivity index (χ1) is 12.3. The van der Waals surface area contributed by atoms with Crippen molar-refractivity contribution < 1.29 is 4.74 Å². The third-order valence-corrected chi connectivity index (χ3v) is 5.12. The Morgan fingerprint density at radius 2 is 1.96 bits per heavy atom. The highest BCUT2D eigenvalue weighted by Crippen LogP contribution is 2.23. The van der Waals surface area contributed by atoms with Crippen LogP contribution in [0.4, 0.5) is 0 Å². The van der Waals surface area contributed by atoms with Crippen LogP contribution in [-0.2, 0) is 13.1 Å². The summed E-state index contributed by atoms with van der Waals surface area (Å²) < 4.78 is 5.56. The molecule has 1 saturated heterocycles. The monoisotopic (exact) mass is 339 g/mol. The highest BCUT2D eigenvalue weighted by Gasteiger charge is 2.25. The summed E-state index contributed by atoms with van der Waals surface area (Å²) >= 11 is 0. The number of hydrogen-bond donors (Lipinski definition) is 0. The lowest BCUT2D eigenvalue weighted by molar-refractivity contribution is 0.165. The zero-order chi connectivity index (χ0) is 17.5. The molecule has 1 atom stereocenters. The van der Waals surface area contributed by atoms with E-state index in [1.807, 2.05) is 24.5 Å². The first-order valence-electron chi connectivity index (χ1n) is 9.27. The van der Waals surface area contributed by atoms with Gasteiger partial charge in [-0.25, -0.2) is 0 Å². The third-order valence-electron chi connectivity index (χ3n) is 5.12.